The van der Waals surface area contributed by atoms with Gasteiger partial charge in [-0.25, -0.2) is 14.5 Å². The summed E-state index contributed by atoms with van der Waals surface area (Å²) in [6.45, 7) is 7.11. The maximum absolute atomic E-state index is 13.2. The van der Waals surface area contributed by atoms with Crippen molar-refractivity contribution >= 4 is 28.2 Å². The largest absolute Gasteiger partial charge is 0.458 e. The molecule has 1 heterocycles. The van der Waals surface area contributed by atoms with Crippen molar-refractivity contribution < 1.29 is 41.5 Å². The van der Waals surface area contributed by atoms with E-state index in [9.17, 15) is 22.8 Å². The van der Waals surface area contributed by atoms with Crippen molar-refractivity contribution in [2.75, 3.05) is 6.54 Å². The van der Waals surface area contributed by atoms with E-state index in [-0.39, 0.29) is 13.0 Å². The van der Waals surface area contributed by atoms with Gasteiger partial charge in [-0.2, -0.15) is 8.42 Å². The van der Waals surface area contributed by atoms with E-state index in [0.29, 0.717) is 25.7 Å². The van der Waals surface area contributed by atoms with Crippen molar-refractivity contribution in [3.05, 3.63) is 0 Å². The maximum Gasteiger partial charge on any atom is 0.398 e. The third-order valence-corrected chi connectivity index (χ3v) is 4.81. The van der Waals surface area contributed by atoms with E-state index in [2.05, 4.69) is 4.18 Å². The van der Waals surface area contributed by atoms with Gasteiger partial charge >= 0.3 is 16.4 Å². The van der Waals surface area contributed by atoms with Crippen LogP contribution in [0.15, 0.2) is 0 Å². The second-order valence-electron chi connectivity index (χ2n) is 7.89. The number of hydroxylamine groups is 1. The summed E-state index contributed by atoms with van der Waals surface area (Å²) in [7, 11) is -5.09. The third-order valence-electron chi connectivity index (χ3n) is 4.36. The zero-order valence-electron chi connectivity index (χ0n) is 17.1. The van der Waals surface area contributed by atoms with Crippen LogP contribution >= 0.6 is 0 Å². The predicted molar refractivity (Wildman–Crippen MR) is 99.9 cm³/mol. The van der Waals surface area contributed by atoms with E-state index in [1.54, 1.807) is 20.8 Å². The second-order valence-corrected chi connectivity index (χ2v) is 8.94. The molecule has 0 unspecified atom stereocenters. The van der Waals surface area contributed by atoms with E-state index >= 15 is 0 Å². The highest BCUT2D eigenvalue weighted by molar-refractivity contribution is 7.80. The standard InChI is InChI=1S/C17H30N2O9S/c1-5-6-8-11(13(14(20)18-23)28-29(24,25)26)15(21)19-10-7-9-12(19)16(22)27-17(2,3)4/h11-13,23H,5-10H2,1-4H3,(H,18,20)(H,24,25,26)/t11-,12+,13+/m1/s1. The monoisotopic (exact) mass is 438 g/mol. The Morgan fingerprint density at radius 2 is 1.90 bits per heavy atom. The van der Waals surface area contributed by atoms with Crippen molar-refractivity contribution in [2.24, 2.45) is 5.92 Å². The van der Waals surface area contributed by atoms with Gasteiger partial charge in [-0.3, -0.25) is 19.3 Å². The van der Waals surface area contributed by atoms with Gasteiger partial charge in [0.2, 0.25) is 5.91 Å². The smallest absolute Gasteiger partial charge is 0.398 e. The van der Waals surface area contributed by atoms with Crippen LogP contribution in [0.5, 0.6) is 0 Å². The van der Waals surface area contributed by atoms with Crippen LogP contribution in [0.25, 0.3) is 0 Å². The van der Waals surface area contributed by atoms with E-state index in [1.807, 2.05) is 6.92 Å². The zero-order valence-corrected chi connectivity index (χ0v) is 17.9. The molecule has 168 valence electrons. The molecule has 1 saturated heterocycles. The number of nitrogens with one attached hydrogen (secondary N) is 1. The fraction of sp³-hybridized carbons (Fsp3) is 0.824. The average Bonchev–Trinajstić information content (AvgIpc) is 3.07. The van der Waals surface area contributed by atoms with Crippen molar-refractivity contribution in [2.45, 2.75) is 77.5 Å². The molecule has 2 amide bonds. The van der Waals surface area contributed by atoms with Gasteiger partial charge in [-0.1, -0.05) is 19.8 Å². The van der Waals surface area contributed by atoms with Crippen molar-refractivity contribution in [3.8, 4) is 0 Å². The van der Waals surface area contributed by atoms with Gasteiger partial charge in [-0.15, -0.1) is 0 Å². The molecule has 1 rings (SSSR count). The van der Waals surface area contributed by atoms with Crippen molar-refractivity contribution in [1.82, 2.24) is 10.4 Å². The molecule has 0 aromatic rings. The van der Waals surface area contributed by atoms with Gasteiger partial charge < -0.3 is 9.64 Å². The molecule has 0 bridgehead atoms. The Balaban J connectivity index is 3.18. The molecule has 29 heavy (non-hydrogen) atoms. The van der Waals surface area contributed by atoms with E-state index in [1.165, 1.54) is 10.4 Å². The Morgan fingerprint density at radius 1 is 1.28 bits per heavy atom. The van der Waals surface area contributed by atoms with E-state index in [4.69, 9.17) is 14.5 Å². The number of hydrogen-bond acceptors (Lipinski definition) is 8. The van der Waals surface area contributed by atoms with Crippen LogP contribution in [-0.2, 0) is 33.7 Å². The Kier molecular flexibility index (Phi) is 9.00. The molecule has 1 aliphatic rings. The number of carbonyl (C=O) groups excluding carboxylic acids is 3. The minimum absolute atomic E-state index is 0.0421. The van der Waals surface area contributed by atoms with Crippen LogP contribution in [0.1, 0.15) is 59.8 Å². The van der Waals surface area contributed by atoms with Gasteiger partial charge in [0.05, 0.1) is 5.92 Å². The highest BCUT2D eigenvalue weighted by atomic mass is 32.3. The van der Waals surface area contributed by atoms with Crippen molar-refractivity contribution in [3.63, 3.8) is 0 Å². The second kappa shape index (κ2) is 10.3. The van der Waals surface area contributed by atoms with Gasteiger partial charge in [-0.05, 0) is 40.0 Å². The molecule has 0 saturated carbocycles. The minimum Gasteiger partial charge on any atom is -0.458 e. The van der Waals surface area contributed by atoms with Crippen LogP contribution in [0.2, 0.25) is 0 Å². The van der Waals surface area contributed by atoms with Crippen molar-refractivity contribution in [1.29, 1.82) is 0 Å². The quantitative estimate of drug-likeness (QED) is 0.205. The number of nitrogens with zero attached hydrogens (tertiary/aromatic N) is 1. The highest BCUT2D eigenvalue weighted by Crippen LogP contribution is 2.27. The number of esters is 1. The van der Waals surface area contributed by atoms with E-state index < -0.39 is 51.8 Å². The normalized spacial score (nSPS) is 19.5. The first-order valence-electron chi connectivity index (χ1n) is 9.43. The molecule has 1 aliphatic heterocycles. The number of rotatable bonds is 9. The van der Waals surface area contributed by atoms with Crippen LogP contribution in [0.4, 0.5) is 0 Å². The van der Waals surface area contributed by atoms with Gasteiger partial charge in [0.25, 0.3) is 5.91 Å². The number of ether oxygens (including phenoxy) is 1. The Morgan fingerprint density at radius 3 is 2.38 bits per heavy atom. The Bertz CT molecular complexity index is 702. The fourth-order valence-electron chi connectivity index (χ4n) is 3.17. The number of likely N-dealkylation sites (tertiary alicyclic amines) is 1. The Hall–Kier alpha value is -1.76. The van der Waals surface area contributed by atoms with Gasteiger partial charge in [0.15, 0.2) is 6.10 Å². The molecular formula is C17H30N2O9S. The summed E-state index contributed by atoms with van der Waals surface area (Å²) in [5.41, 5.74) is 0.493. The number of hydrogen-bond donors (Lipinski definition) is 3. The first kappa shape index (κ1) is 25.3. The predicted octanol–water partition coefficient (Wildman–Crippen LogP) is 0.819. The average molecular weight is 438 g/mol. The maximum atomic E-state index is 13.2. The van der Waals surface area contributed by atoms with Gasteiger partial charge in [0.1, 0.15) is 11.6 Å². The SMILES string of the molecule is CCCC[C@@H](C(=O)N1CCC[C@H]1C(=O)OC(C)(C)C)[C@H](OS(=O)(=O)O)C(=O)NO. The topological polar surface area (TPSA) is 160 Å². The molecule has 11 nitrogen and oxygen atoms in total. The number of amides is 2. The summed E-state index contributed by atoms with van der Waals surface area (Å²) in [4.78, 5) is 38.9. The number of unbranched alkanes of at least 4 members (excludes halogenated alkanes) is 1. The summed E-state index contributed by atoms with van der Waals surface area (Å²) >= 11 is 0. The lowest BCUT2D eigenvalue weighted by Crippen LogP contribution is -2.51. The van der Waals surface area contributed by atoms with E-state index in [0.717, 1.165) is 0 Å². The summed E-state index contributed by atoms with van der Waals surface area (Å²) in [6.07, 6.45) is -0.0117. The van der Waals surface area contributed by atoms with Crippen LogP contribution in [-0.4, -0.2) is 65.2 Å². The van der Waals surface area contributed by atoms with Gasteiger partial charge in [0, 0.05) is 6.54 Å². The molecule has 1 fully saturated rings. The molecule has 0 aromatic carbocycles. The molecule has 0 aromatic heterocycles. The summed E-state index contributed by atoms with van der Waals surface area (Å²) in [5.74, 6) is -3.93. The molecular weight excluding hydrogens is 408 g/mol. The summed E-state index contributed by atoms with van der Waals surface area (Å²) in [5, 5.41) is 8.94. The molecule has 0 spiro atoms. The molecule has 0 radical (unpaired) electrons. The lowest BCUT2D eigenvalue weighted by atomic mass is 9.93. The summed E-state index contributed by atoms with van der Waals surface area (Å²) < 4.78 is 41.1. The zero-order chi connectivity index (χ0) is 22.4. The van der Waals surface area contributed by atoms with Crippen LogP contribution in [0, 0.1) is 5.92 Å². The fourth-order valence-corrected chi connectivity index (χ4v) is 3.66. The Labute approximate surface area is 170 Å². The first-order valence-corrected chi connectivity index (χ1v) is 10.8. The molecule has 0 aliphatic carbocycles. The lowest BCUT2D eigenvalue weighted by molar-refractivity contribution is -0.165. The molecule has 12 heteroatoms. The number of carbonyl (C=O) groups is 3. The lowest BCUT2D eigenvalue weighted by Gasteiger charge is -2.32. The highest BCUT2D eigenvalue weighted by Gasteiger charge is 2.44. The van der Waals surface area contributed by atoms with Crippen LogP contribution in [0.3, 0.4) is 0 Å². The molecule has 3 N–H and O–H groups in total. The third kappa shape index (κ3) is 7.88. The first-order chi connectivity index (χ1) is 13.3. The van der Waals surface area contributed by atoms with Crippen LogP contribution < -0.4 is 5.48 Å². The minimum atomic E-state index is -5.09. The molecule has 3 atom stereocenters. The summed E-state index contributed by atoms with van der Waals surface area (Å²) in [6, 6.07) is -0.880.